The third-order valence-corrected chi connectivity index (χ3v) is 10.7. The summed E-state index contributed by atoms with van der Waals surface area (Å²) in [7, 11) is -2.33. The second-order valence-corrected chi connectivity index (χ2v) is 14.3. The number of piperidine rings is 1. The van der Waals surface area contributed by atoms with Gasteiger partial charge in [-0.1, -0.05) is 29.8 Å². The predicted molar refractivity (Wildman–Crippen MR) is 182 cm³/mol. The maximum absolute atomic E-state index is 12.1. The fraction of sp³-hybridized carbons (Fsp3) is 0.455. The zero-order valence-corrected chi connectivity index (χ0v) is 27.6. The highest BCUT2D eigenvalue weighted by molar-refractivity contribution is 7.84. The molecule has 13 heteroatoms. The van der Waals surface area contributed by atoms with E-state index in [2.05, 4.69) is 43.1 Å². The fourth-order valence-electron chi connectivity index (χ4n) is 7.07. The highest BCUT2D eigenvalue weighted by atomic mass is 35.5. The number of benzene rings is 2. The van der Waals surface area contributed by atoms with E-state index < -0.39 is 10.3 Å². The van der Waals surface area contributed by atoms with E-state index >= 15 is 0 Å². The number of anilines is 3. The molecular formula is C33H40ClN7O4S. The number of rotatable bonds is 8. The average molecular weight is 666 g/mol. The van der Waals surface area contributed by atoms with Crippen LogP contribution in [0.3, 0.4) is 0 Å². The second kappa shape index (κ2) is 13.0. The molecule has 0 atom stereocenters. The summed E-state index contributed by atoms with van der Waals surface area (Å²) in [6, 6.07) is 13.7. The molecule has 7 rings (SSSR count). The quantitative estimate of drug-likeness (QED) is 0.228. The molecular weight excluding hydrogens is 626 g/mol. The highest BCUT2D eigenvalue weighted by Gasteiger charge is 2.29. The van der Waals surface area contributed by atoms with Gasteiger partial charge < -0.3 is 19.9 Å². The molecule has 1 aliphatic carbocycles. The molecule has 2 saturated heterocycles. The second-order valence-electron chi connectivity index (χ2n) is 12.6. The highest BCUT2D eigenvalue weighted by Crippen LogP contribution is 2.38. The van der Waals surface area contributed by atoms with Crippen LogP contribution in [0.5, 0.6) is 5.75 Å². The van der Waals surface area contributed by atoms with Gasteiger partial charge in [0.15, 0.2) is 0 Å². The number of aromatic nitrogens is 3. The van der Waals surface area contributed by atoms with Crippen LogP contribution in [0.15, 0.2) is 54.9 Å². The molecule has 2 aliphatic heterocycles. The van der Waals surface area contributed by atoms with Crippen molar-refractivity contribution in [3.8, 4) is 17.0 Å². The summed E-state index contributed by atoms with van der Waals surface area (Å²) >= 11 is 6.55. The normalized spacial score (nSPS) is 19.2. The van der Waals surface area contributed by atoms with Gasteiger partial charge in [-0.2, -0.15) is 8.42 Å². The van der Waals surface area contributed by atoms with Gasteiger partial charge in [0.1, 0.15) is 5.75 Å². The molecule has 0 amide bonds. The van der Waals surface area contributed by atoms with Crippen LogP contribution in [-0.4, -0.2) is 95.2 Å². The summed E-state index contributed by atoms with van der Waals surface area (Å²) in [6.45, 7) is 6.56. The molecule has 3 fully saturated rings. The number of hydrogen-bond acceptors (Lipinski definition) is 9. The van der Waals surface area contributed by atoms with Crippen molar-refractivity contribution < 1.29 is 17.7 Å². The lowest BCUT2D eigenvalue weighted by molar-refractivity contribution is 0.0980. The predicted octanol–water partition coefficient (Wildman–Crippen LogP) is 5.68. The number of piperazine rings is 1. The first-order valence-corrected chi connectivity index (χ1v) is 17.9. The van der Waals surface area contributed by atoms with E-state index in [1.54, 1.807) is 24.3 Å². The van der Waals surface area contributed by atoms with Crippen LogP contribution < -0.4 is 15.0 Å². The maximum Gasteiger partial charge on any atom is 0.363 e. The van der Waals surface area contributed by atoms with Crippen molar-refractivity contribution in [2.75, 3.05) is 56.5 Å². The smallest absolute Gasteiger partial charge is 0.363 e. The zero-order valence-electron chi connectivity index (χ0n) is 26.0. The van der Waals surface area contributed by atoms with Crippen molar-refractivity contribution in [2.24, 2.45) is 0 Å². The zero-order chi connectivity index (χ0) is 31.8. The number of fused-ring (bicyclic) bond motifs is 1. The van der Waals surface area contributed by atoms with Crippen molar-refractivity contribution in [1.82, 2.24) is 23.7 Å². The third-order valence-electron chi connectivity index (χ3n) is 9.60. The van der Waals surface area contributed by atoms with Crippen LogP contribution in [0.1, 0.15) is 38.5 Å². The Balaban J connectivity index is 1.14. The molecule has 46 heavy (non-hydrogen) atoms. The first kappa shape index (κ1) is 31.2. The monoisotopic (exact) mass is 665 g/mol. The fourth-order valence-corrected chi connectivity index (χ4v) is 7.91. The Kier molecular flexibility index (Phi) is 8.81. The first-order chi connectivity index (χ1) is 22.2. The molecule has 2 N–H and O–H groups in total. The first-order valence-electron chi connectivity index (χ1n) is 16.1. The lowest BCUT2D eigenvalue weighted by Gasteiger charge is -2.43. The Morgan fingerprint density at radius 2 is 1.72 bits per heavy atom. The van der Waals surface area contributed by atoms with E-state index in [0.29, 0.717) is 34.2 Å². The van der Waals surface area contributed by atoms with E-state index in [0.717, 1.165) is 86.0 Å². The molecule has 11 nitrogen and oxygen atoms in total. The topological polar surface area (TPSA) is 116 Å². The minimum absolute atomic E-state index is 0.204. The van der Waals surface area contributed by atoms with Crippen molar-refractivity contribution >= 4 is 50.1 Å². The van der Waals surface area contributed by atoms with E-state index in [9.17, 15) is 13.0 Å². The third kappa shape index (κ3) is 6.54. The van der Waals surface area contributed by atoms with Crippen LogP contribution in [0, 0.1) is 0 Å². The minimum atomic E-state index is -4.53. The van der Waals surface area contributed by atoms with Gasteiger partial charge >= 0.3 is 10.3 Å². The summed E-state index contributed by atoms with van der Waals surface area (Å²) in [5.41, 5.74) is 3.02. The summed E-state index contributed by atoms with van der Waals surface area (Å²) in [5.74, 6) is 1.16. The summed E-state index contributed by atoms with van der Waals surface area (Å²) < 4.78 is 41.5. The molecule has 2 aromatic carbocycles. The lowest BCUT2D eigenvalue weighted by atomic mass is 10.0. The average Bonchev–Trinajstić information content (AvgIpc) is 3.71. The Morgan fingerprint density at radius 3 is 2.46 bits per heavy atom. The summed E-state index contributed by atoms with van der Waals surface area (Å²) in [6.07, 6.45) is 9.79. The van der Waals surface area contributed by atoms with E-state index in [1.165, 1.54) is 25.2 Å². The molecule has 2 aromatic heterocycles. The Bertz CT molecular complexity index is 1810. The Labute approximate surface area is 275 Å². The number of nitrogens with zero attached hydrogens (tertiary/aromatic N) is 6. The number of halogens is 1. The lowest BCUT2D eigenvalue weighted by Crippen LogP contribution is -2.52. The van der Waals surface area contributed by atoms with Gasteiger partial charge in [0.2, 0.25) is 5.95 Å². The minimum Gasteiger partial charge on any atom is -0.488 e. The van der Waals surface area contributed by atoms with Crippen LogP contribution >= 0.6 is 11.6 Å². The summed E-state index contributed by atoms with van der Waals surface area (Å²) in [5, 5.41) is 4.15. The number of likely N-dealkylation sites (N-methyl/N-ethyl adjacent to an activating group) is 1. The number of hydrogen-bond donors (Lipinski definition) is 2. The molecule has 1 saturated carbocycles. The maximum atomic E-state index is 12.1. The molecule has 0 radical (unpaired) electrons. The molecule has 0 bridgehead atoms. The SMILES string of the molecule is CN1CCN(C2CCN(c3ccc(Nc4ncc(Cl)c(-c5cn(S(=O)(=O)O)c6ccccc56)n4)cc3OC3CCCC3)CC2)CC1. The number of nitrogens with one attached hydrogen (secondary N) is 1. The van der Waals surface area contributed by atoms with Crippen LogP contribution in [0.4, 0.5) is 17.3 Å². The van der Waals surface area contributed by atoms with Gasteiger partial charge in [-0.25, -0.2) is 13.9 Å². The van der Waals surface area contributed by atoms with Crippen molar-refractivity contribution in [1.29, 1.82) is 0 Å². The Morgan fingerprint density at radius 1 is 0.978 bits per heavy atom. The van der Waals surface area contributed by atoms with E-state index in [-0.39, 0.29) is 11.1 Å². The van der Waals surface area contributed by atoms with Gasteiger partial charge in [0.05, 0.1) is 34.2 Å². The molecule has 4 heterocycles. The largest absolute Gasteiger partial charge is 0.488 e. The molecule has 3 aliphatic rings. The van der Waals surface area contributed by atoms with E-state index in [4.69, 9.17) is 16.3 Å². The Hall–Kier alpha value is -3.42. The molecule has 0 spiro atoms. The van der Waals surface area contributed by atoms with Crippen LogP contribution in [-0.2, 0) is 10.3 Å². The van der Waals surface area contributed by atoms with Gasteiger partial charge in [-0.05, 0) is 63.8 Å². The van der Waals surface area contributed by atoms with Gasteiger partial charge in [-0.15, -0.1) is 0 Å². The summed E-state index contributed by atoms with van der Waals surface area (Å²) in [4.78, 5) is 16.6. The number of para-hydroxylation sites is 1. The van der Waals surface area contributed by atoms with E-state index in [1.807, 2.05) is 12.1 Å². The van der Waals surface area contributed by atoms with Gasteiger partial charge in [0.25, 0.3) is 0 Å². The number of ether oxygens (including phenoxy) is 1. The standard InChI is InChI=1S/C33H40ClN7O4S/c1-38-16-18-39(19-17-38)24-12-14-40(15-13-24)30-11-10-23(20-31(30)45-25-6-2-3-7-25)36-33-35-21-28(34)32(37-33)27-22-41(46(42,43)44)29-9-5-4-8-26(27)29/h4-5,8-11,20-22,24-25H,2-3,6-7,12-19H2,1H3,(H,35,36,37)(H,42,43,44). The molecule has 244 valence electrons. The van der Waals surface area contributed by atoms with Gasteiger partial charge in [0, 0.05) is 74.2 Å². The van der Waals surface area contributed by atoms with Crippen LogP contribution in [0.2, 0.25) is 5.02 Å². The molecule has 0 unspecified atom stereocenters. The van der Waals surface area contributed by atoms with Crippen molar-refractivity contribution in [3.63, 3.8) is 0 Å². The van der Waals surface area contributed by atoms with Crippen molar-refractivity contribution in [3.05, 3.63) is 59.9 Å². The van der Waals surface area contributed by atoms with Gasteiger partial charge in [-0.3, -0.25) is 9.45 Å². The van der Waals surface area contributed by atoms with Crippen LogP contribution in [0.25, 0.3) is 22.2 Å². The van der Waals surface area contributed by atoms with Crippen molar-refractivity contribution in [2.45, 2.75) is 50.7 Å². The molecule has 4 aromatic rings.